The average Bonchev–Trinajstić information content (AvgIpc) is 3.22. The third kappa shape index (κ3) is 19.8. The predicted octanol–water partition coefficient (Wildman–Crippen LogP) is 3.54. The molecule has 14 heteroatoms. The number of hydrogen-bond acceptors (Lipinski definition) is 13. The number of amides is 1. The number of hydrogen-bond donors (Lipinski definition) is 9. The van der Waals surface area contributed by atoms with Crippen molar-refractivity contribution in [2.24, 2.45) is 0 Å². The molecule has 2 aliphatic rings. The van der Waals surface area contributed by atoms with Crippen molar-refractivity contribution in [1.29, 1.82) is 0 Å². The third-order valence-electron chi connectivity index (χ3n) is 10.2. The van der Waals surface area contributed by atoms with Gasteiger partial charge in [-0.2, -0.15) is 0 Å². The Balaban J connectivity index is 1.92. The van der Waals surface area contributed by atoms with Gasteiger partial charge in [-0.15, -0.1) is 0 Å². The Morgan fingerprint density at radius 3 is 1.88 bits per heavy atom. The molecule has 0 aliphatic carbocycles. The Morgan fingerprint density at radius 1 is 0.655 bits per heavy atom. The highest BCUT2D eigenvalue weighted by Crippen LogP contribution is 2.29. The van der Waals surface area contributed by atoms with Crippen LogP contribution in [0, 0.1) is 0 Å². The summed E-state index contributed by atoms with van der Waals surface area (Å²) in [6.07, 6.45) is 18.7. The summed E-state index contributed by atoms with van der Waals surface area (Å²) in [6.45, 7) is 2.43. The number of allylic oxidation sites excluding steroid dienone is 9. The third-order valence-corrected chi connectivity index (χ3v) is 10.2. The molecule has 334 valence electrons. The first-order valence-electron chi connectivity index (χ1n) is 21.5. The monoisotopic (exact) mass is 826 g/mol. The van der Waals surface area contributed by atoms with Gasteiger partial charge in [0.1, 0.15) is 48.8 Å². The van der Waals surface area contributed by atoms with Crippen molar-refractivity contribution < 1.29 is 64.6 Å². The number of aliphatic hydroxyl groups excluding tert-OH is 8. The number of ether oxygens (including phenoxy) is 4. The molecule has 2 rings (SSSR count). The largest absolute Gasteiger partial charge is 0.394 e. The van der Waals surface area contributed by atoms with Crippen LogP contribution >= 0.6 is 0 Å². The van der Waals surface area contributed by atoms with Crippen molar-refractivity contribution >= 4 is 5.91 Å². The van der Waals surface area contributed by atoms with Crippen LogP contribution in [0.4, 0.5) is 0 Å². The van der Waals surface area contributed by atoms with Crippen molar-refractivity contribution in [2.75, 3.05) is 19.8 Å². The van der Waals surface area contributed by atoms with E-state index in [1.807, 2.05) is 19.1 Å². The normalized spacial score (nSPS) is 29.4. The number of unbranched alkanes of at least 4 members (excludes halogenated alkanes) is 10. The van der Waals surface area contributed by atoms with E-state index in [0.29, 0.717) is 12.8 Å². The van der Waals surface area contributed by atoms with Crippen LogP contribution in [0.3, 0.4) is 0 Å². The maximum Gasteiger partial charge on any atom is 0.220 e. The van der Waals surface area contributed by atoms with Crippen molar-refractivity contribution in [3.63, 3.8) is 0 Å². The molecule has 12 unspecified atom stereocenters. The summed E-state index contributed by atoms with van der Waals surface area (Å²) < 4.78 is 22.5. The summed E-state index contributed by atoms with van der Waals surface area (Å²) in [5.41, 5.74) is 0. The molecule has 9 N–H and O–H groups in total. The second-order valence-corrected chi connectivity index (χ2v) is 15.1. The number of carbonyl (C=O) groups excluding carboxylic acids is 1. The summed E-state index contributed by atoms with van der Waals surface area (Å²) >= 11 is 0. The highest BCUT2D eigenvalue weighted by Gasteiger charge is 2.50. The Labute approximate surface area is 345 Å². The Hall–Kier alpha value is -2.31. The lowest BCUT2D eigenvalue weighted by Crippen LogP contribution is -2.65. The number of aliphatic hydroxyl groups is 8. The summed E-state index contributed by atoms with van der Waals surface area (Å²) in [6, 6.07) is -0.943. The van der Waals surface area contributed by atoms with Crippen molar-refractivity contribution in [3.8, 4) is 0 Å². The number of rotatable bonds is 30. The minimum atomic E-state index is -1.79. The summed E-state index contributed by atoms with van der Waals surface area (Å²) in [5.74, 6) is -0.276. The van der Waals surface area contributed by atoms with Gasteiger partial charge in [0.2, 0.25) is 5.91 Å². The highest BCUT2D eigenvalue weighted by atomic mass is 16.7. The minimum absolute atomic E-state index is 0.250. The van der Waals surface area contributed by atoms with Gasteiger partial charge in [-0.05, 0) is 71.1 Å². The molecule has 2 fully saturated rings. The van der Waals surface area contributed by atoms with Gasteiger partial charge < -0.3 is 65.1 Å². The Bertz CT molecular complexity index is 1210. The second-order valence-electron chi connectivity index (χ2n) is 15.1. The van der Waals surface area contributed by atoms with E-state index in [2.05, 4.69) is 54.8 Å². The van der Waals surface area contributed by atoms with E-state index in [-0.39, 0.29) is 18.9 Å². The molecule has 0 aromatic rings. The van der Waals surface area contributed by atoms with Crippen LogP contribution < -0.4 is 5.32 Å². The molecule has 0 spiro atoms. The molecule has 14 nitrogen and oxygen atoms in total. The van der Waals surface area contributed by atoms with E-state index in [0.717, 1.165) is 64.2 Å². The van der Waals surface area contributed by atoms with E-state index < -0.39 is 86.8 Å². The Morgan fingerprint density at radius 2 is 1.22 bits per heavy atom. The smallest absolute Gasteiger partial charge is 0.220 e. The van der Waals surface area contributed by atoms with Crippen LogP contribution in [-0.2, 0) is 23.7 Å². The molecule has 12 atom stereocenters. The molecule has 0 aromatic carbocycles. The van der Waals surface area contributed by atoms with Crippen LogP contribution in [0.1, 0.15) is 117 Å². The van der Waals surface area contributed by atoms with Crippen LogP contribution in [0.25, 0.3) is 0 Å². The quantitative estimate of drug-likeness (QED) is 0.0374. The van der Waals surface area contributed by atoms with E-state index >= 15 is 0 Å². The van der Waals surface area contributed by atoms with Crippen molar-refractivity contribution in [2.45, 2.75) is 190 Å². The number of carbonyl (C=O) groups is 1. The molecule has 0 saturated carbocycles. The zero-order valence-electron chi connectivity index (χ0n) is 34.8. The topological polar surface area (TPSA) is 228 Å². The average molecular weight is 826 g/mol. The number of nitrogens with one attached hydrogen (secondary N) is 1. The second kappa shape index (κ2) is 31.5. The summed E-state index contributed by atoms with van der Waals surface area (Å²) in [4.78, 5) is 13.0. The zero-order chi connectivity index (χ0) is 42.5. The maximum atomic E-state index is 13.0. The fourth-order valence-electron chi connectivity index (χ4n) is 6.65. The fraction of sp³-hybridized carbons (Fsp3) is 0.750. The molecule has 2 saturated heterocycles. The Kier molecular flexibility index (Phi) is 28.2. The van der Waals surface area contributed by atoms with Crippen LogP contribution in [0.2, 0.25) is 0 Å². The lowest BCUT2D eigenvalue weighted by Gasteiger charge is -2.46. The summed E-state index contributed by atoms with van der Waals surface area (Å²) in [7, 11) is 0. The lowest BCUT2D eigenvalue weighted by atomic mass is 9.97. The van der Waals surface area contributed by atoms with Gasteiger partial charge >= 0.3 is 0 Å². The first kappa shape index (κ1) is 51.8. The first-order chi connectivity index (χ1) is 28.1. The molecule has 0 bridgehead atoms. The standard InChI is InChI=1S/C44H75NO13/c1-3-5-7-9-11-13-14-15-16-17-18-20-22-24-26-28-36(49)45-32(33(48)27-25-23-21-19-12-10-8-6-4-2)31-55-43-41(54)39(52)42(35(30-47)57-43)58-44-40(53)38(51)37(50)34(29-46)56-44/h4,6,11-13,15-16,19,25,27,32-35,37-44,46-48,50-54H,3,5,7-10,14,17-18,20-24,26,28-31H2,1-2H3,(H,45,49)/b6-4+,13-11-,16-15-,19-12+,27-25+. The van der Waals surface area contributed by atoms with Gasteiger partial charge in [0.15, 0.2) is 12.6 Å². The van der Waals surface area contributed by atoms with Gasteiger partial charge in [0.05, 0.1) is 32.0 Å². The highest BCUT2D eigenvalue weighted by molar-refractivity contribution is 5.76. The van der Waals surface area contributed by atoms with Crippen molar-refractivity contribution in [1.82, 2.24) is 5.32 Å². The van der Waals surface area contributed by atoms with Gasteiger partial charge in [0, 0.05) is 6.42 Å². The molecular formula is C44H75NO13. The van der Waals surface area contributed by atoms with Crippen molar-refractivity contribution in [3.05, 3.63) is 60.8 Å². The molecule has 0 radical (unpaired) electrons. The maximum absolute atomic E-state index is 13.0. The van der Waals surface area contributed by atoms with E-state index in [4.69, 9.17) is 18.9 Å². The van der Waals surface area contributed by atoms with E-state index in [1.54, 1.807) is 6.08 Å². The van der Waals surface area contributed by atoms with Crippen LogP contribution in [-0.4, -0.2) is 140 Å². The van der Waals surface area contributed by atoms with Gasteiger partial charge in [-0.25, -0.2) is 0 Å². The molecule has 1 amide bonds. The molecular weight excluding hydrogens is 750 g/mol. The van der Waals surface area contributed by atoms with Crippen LogP contribution in [0.5, 0.6) is 0 Å². The van der Waals surface area contributed by atoms with E-state index in [9.17, 15) is 45.6 Å². The van der Waals surface area contributed by atoms with Gasteiger partial charge in [-0.1, -0.05) is 99.8 Å². The zero-order valence-corrected chi connectivity index (χ0v) is 34.8. The van der Waals surface area contributed by atoms with Gasteiger partial charge in [-0.3, -0.25) is 4.79 Å². The molecule has 0 aromatic heterocycles. The minimum Gasteiger partial charge on any atom is -0.394 e. The predicted molar refractivity (Wildman–Crippen MR) is 221 cm³/mol. The molecule has 2 aliphatic heterocycles. The van der Waals surface area contributed by atoms with Gasteiger partial charge in [0.25, 0.3) is 0 Å². The van der Waals surface area contributed by atoms with E-state index in [1.165, 1.54) is 19.3 Å². The van der Waals surface area contributed by atoms with Crippen LogP contribution in [0.15, 0.2) is 60.8 Å². The lowest BCUT2D eigenvalue weighted by molar-refractivity contribution is -0.359. The summed E-state index contributed by atoms with van der Waals surface area (Å²) in [5, 5.41) is 86.1. The first-order valence-corrected chi connectivity index (χ1v) is 21.5. The molecule has 58 heavy (non-hydrogen) atoms. The fourth-order valence-corrected chi connectivity index (χ4v) is 6.65. The molecule has 2 heterocycles. The SMILES string of the molecule is C/C=C/CC/C=C/CC/C=C/C(O)C(COC1OC(CO)C(OC2OC(CO)C(O)C(O)C2O)C(O)C1O)NC(=O)CCCCCCC/C=C\C/C=C\CCCCC.